The number of carbonyl (C=O) groups is 1. The maximum absolute atomic E-state index is 13.6. The van der Waals surface area contributed by atoms with Gasteiger partial charge in [0.05, 0.1) is 30.8 Å². The van der Waals surface area contributed by atoms with Crippen LogP contribution in [0.3, 0.4) is 0 Å². The Balaban J connectivity index is 1.23. The van der Waals surface area contributed by atoms with E-state index in [1.54, 1.807) is 41.3 Å². The first kappa shape index (κ1) is 28.4. The second-order valence-electron chi connectivity index (χ2n) is 10.6. The fourth-order valence-corrected chi connectivity index (χ4v) is 5.71. The lowest BCUT2D eigenvalue weighted by atomic mass is 9.78. The van der Waals surface area contributed by atoms with Crippen LogP contribution < -0.4 is 4.90 Å². The molecule has 2 fully saturated rings. The molecule has 0 bridgehead atoms. The van der Waals surface area contributed by atoms with Gasteiger partial charge in [0.25, 0.3) is 0 Å². The van der Waals surface area contributed by atoms with Crippen molar-refractivity contribution in [1.82, 2.24) is 0 Å². The Morgan fingerprint density at radius 1 is 0.850 bits per heavy atom. The number of rotatable bonds is 9. The SMILES string of the molecule is O=C1[C@H](CC[C@H](O)c2ccc(C[C@@H]3O[C@H](CO)[C@@H](O)[C@H](O)[C@H]3O)cc2)[C@@H](c2ccc(F)cc2)N1c1ccccc1. The topological polar surface area (TPSA) is 131 Å². The third-order valence-electron chi connectivity index (χ3n) is 8.00. The lowest BCUT2D eigenvalue weighted by molar-refractivity contribution is -0.228. The number of hydrogen-bond acceptors (Lipinski definition) is 7. The van der Waals surface area contributed by atoms with Crippen LogP contribution in [0.25, 0.3) is 0 Å². The second kappa shape index (κ2) is 12.1. The van der Waals surface area contributed by atoms with E-state index in [1.165, 1.54) is 12.1 Å². The molecule has 8 atom stereocenters. The molecule has 40 heavy (non-hydrogen) atoms. The molecule has 9 heteroatoms. The molecule has 5 rings (SSSR count). The van der Waals surface area contributed by atoms with Crippen LogP contribution in [0.5, 0.6) is 0 Å². The first-order chi connectivity index (χ1) is 19.3. The molecule has 212 valence electrons. The second-order valence-corrected chi connectivity index (χ2v) is 10.6. The van der Waals surface area contributed by atoms with Gasteiger partial charge in [-0.2, -0.15) is 0 Å². The Morgan fingerprint density at radius 2 is 1.50 bits per heavy atom. The van der Waals surface area contributed by atoms with Gasteiger partial charge in [-0.05, 0) is 53.8 Å². The number of carbonyl (C=O) groups excluding carboxylic acids is 1. The monoisotopic (exact) mass is 551 g/mol. The minimum absolute atomic E-state index is 0.0393. The molecule has 5 N–H and O–H groups in total. The maximum atomic E-state index is 13.6. The molecule has 2 aliphatic heterocycles. The summed E-state index contributed by atoms with van der Waals surface area (Å²) in [5.41, 5.74) is 3.06. The van der Waals surface area contributed by atoms with E-state index < -0.39 is 43.2 Å². The molecular formula is C31H34FNO7. The van der Waals surface area contributed by atoms with Crippen LogP contribution in [0.4, 0.5) is 10.1 Å². The Hall–Kier alpha value is -3.18. The summed E-state index contributed by atoms with van der Waals surface area (Å²) in [5.74, 6) is -0.740. The van der Waals surface area contributed by atoms with Crippen molar-refractivity contribution in [3.63, 3.8) is 0 Å². The average Bonchev–Trinajstić information content (AvgIpc) is 2.97. The third kappa shape index (κ3) is 5.67. The molecule has 0 saturated carbocycles. The van der Waals surface area contributed by atoms with Gasteiger partial charge in [0.1, 0.15) is 30.2 Å². The predicted molar refractivity (Wildman–Crippen MR) is 145 cm³/mol. The summed E-state index contributed by atoms with van der Waals surface area (Å²) in [6, 6.07) is 22.3. The predicted octanol–water partition coefficient (Wildman–Crippen LogP) is 2.43. The maximum Gasteiger partial charge on any atom is 0.233 e. The Labute approximate surface area is 231 Å². The Kier molecular flexibility index (Phi) is 8.60. The van der Waals surface area contributed by atoms with Crippen molar-refractivity contribution in [2.75, 3.05) is 11.5 Å². The van der Waals surface area contributed by atoms with Crippen molar-refractivity contribution in [3.05, 3.63) is 101 Å². The molecule has 0 aliphatic carbocycles. The number of β-lactam (4-membered cyclic amide) rings is 1. The largest absolute Gasteiger partial charge is 0.394 e. The van der Waals surface area contributed by atoms with Crippen molar-refractivity contribution in [2.24, 2.45) is 5.92 Å². The van der Waals surface area contributed by atoms with E-state index in [9.17, 15) is 34.7 Å². The molecule has 0 unspecified atom stereocenters. The van der Waals surface area contributed by atoms with E-state index in [0.29, 0.717) is 18.4 Å². The highest BCUT2D eigenvalue weighted by Gasteiger charge is 2.48. The number of amides is 1. The number of halogens is 1. The molecule has 2 heterocycles. The summed E-state index contributed by atoms with van der Waals surface area (Å²) in [6.07, 6.45) is -5.70. The molecular weight excluding hydrogens is 517 g/mol. The first-order valence-corrected chi connectivity index (χ1v) is 13.5. The van der Waals surface area contributed by atoms with Gasteiger partial charge in [-0.3, -0.25) is 4.79 Å². The van der Waals surface area contributed by atoms with Crippen molar-refractivity contribution >= 4 is 11.6 Å². The standard InChI is InChI=1S/C31H34FNO7/c32-21-12-10-20(11-13-21)27-23(31(39)33(27)22-4-2-1-3-5-22)14-15-24(35)19-8-6-18(7-9-19)16-25-28(36)30(38)29(37)26(17-34)40-25/h1-13,23-30,34-38H,14-17H2/t23-,24+,25+,26-,27-,28+,29-,30-/m1/s1. The number of hydrogen-bond donors (Lipinski definition) is 5. The summed E-state index contributed by atoms with van der Waals surface area (Å²) in [7, 11) is 0. The molecule has 2 aliphatic rings. The van der Waals surface area contributed by atoms with Crippen molar-refractivity contribution in [1.29, 1.82) is 0 Å². The number of benzene rings is 3. The van der Waals surface area contributed by atoms with Gasteiger partial charge in [-0.1, -0.05) is 54.6 Å². The number of para-hydroxylation sites is 1. The smallest absolute Gasteiger partial charge is 0.233 e. The van der Waals surface area contributed by atoms with Gasteiger partial charge >= 0.3 is 0 Å². The highest BCUT2D eigenvalue weighted by Crippen LogP contribution is 2.46. The van der Waals surface area contributed by atoms with E-state index in [2.05, 4.69) is 0 Å². The van der Waals surface area contributed by atoms with Crippen LogP contribution in [0, 0.1) is 11.7 Å². The van der Waals surface area contributed by atoms with Crippen LogP contribution in [-0.4, -0.2) is 68.6 Å². The number of ether oxygens (including phenoxy) is 1. The van der Waals surface area contributed by atoms with Gasteiger partial charge in [0.2, 0.25) is 5.91 Å². The zero-order valence-corrected chi connectivity index (χ0v) is 21.8. The minimum Gasteiger partial charge on any atom is -0.394 e. The normalized spacial score (nSPS) is 29.2. The highest BCUT2D eigenvalue weighted by atomic mass is 19.1. The summed E-state index contributed by atoms with van der Waals surface area (Å²) in [5, 5.41) is 50.6. The van der Waals surface area contributed by atoms with E-state index >= 15 is 0 Å². The highest BCUT2D eigenvalue weighted by molar-refractivity contribution is 6.03. The van der Waals surface area contributed by atoms with Crippen molar-refractivity contribution in [2.45, 2.75) is 61.9 Å². The fourth-order valence-electron chi connectivity index (χ4n) is 5.71. The fraction of sp³-hybridized carbons (Fsp3) is 0.387. The number of aliphatic hydroxyl groups excluding tert-OH is 5. The van der Waals surface area contributed by atoms with Crippen molar-refractivity contribution in [3.8, 4) is 0 Å². The van der Waals surface area contributed by atoms with Crippen molar-refractivity contribution < 1.29 is 39.5 Å². The summed E-state index contributed by atoms with van der Waals surface area (Å²) >= 11 is 0. The quantitative estimate of drug-likeness (QED) is 0.258. The molecule has 8 nitrogen and oxygen atoms in total. The van der Waals surface area contributed by atoms with Gasteiger partial charge in [-0.15, -0.1) is 0 Å². The Morgan fingerprint density at radius 3 is 2.15 bits per heavy atom. The molecule has 3 aromatic carbocycles. The van der Waals surface area contributed by atoms with E-state index in [0.717, 1.165) is 16.8 Å². The zero-order chi connectivity index (χ0) is 28.4. The molecule has 3 aromatic rings. The number of anilines is 1. The van der Waals surface area contributed by atoms with Gasteiger partial charge in [0, 0.05) is 12.1 Å². The van der Waals surface area contributed by atoms with E-state index in [-0.39, 0.29) is 30.1 Å². The molecule has 0 radical (unpaired) electrons. The van der Waals surface area contributed by atoms with Gasteiger partial charge in [0.15, 0.2) is 0 Å². The number of aliphatic hydroxyl groups is 5. The van der Waals surface area contributed by atoms with E-state index in [1.807, 2.05) is 30.3 Å². The summed E-state index contributed by atoms with van der Waals surface area (Å²) in [6.45, 7) is -0.485. The number of nitrogens with zero attached hydrogens (tertiary/aromatic N) is 1. The van der Waals surface area contributed by atoms with Gasteiger partial charge in [-0.25, -0.2) is 4.39 Å². The van der Waals surface area contributed by atoms with Crippen LogP contribution >= 0.6 is 0 Å². The van der Waals surface area contributed by atoms with Gasteiger partial charge < -0.3 is 35.2 Å². The molecule has 2 saturated heterocycles. The zero-order valence-electron chi connectivity index (χ0n) is 21.8. The average molecular weight is 552 g/mol. The lowest BCUT2D eigenvalue weighted by Gasteiger charge is -2.48. The molecule has 0 aromatic heterocycles. The summed E-state index contributed by atoms with van der Waals surface area (Å²) in [4.78, 5) is 14.9. The molecule has 0 spiro atoms. The van der Waals surface area contributed by atoms with Crippen LogP contribution in [0.15, 0.2) is 78.9 Å². The van der Waals surface area contributed by atoms with Crippen LogP contribution in [-0.2, 0) is 16.0 Å². The van der Waals surface area contributed by atoms with E-state index in [4.69, 9.17) is 4.74 Å². The van der Waals surface area contributed by atoms with Crippen LogP contribution in [0.1, 0.15) is 41.7 Å². The Bertz CT molecular complexity index is 1270. The first-order valence-electron chi connectivity index (χ1n) is 13.5. The molecule has 1 amide bonds. The third-order valence-corrected chi connectivity index (χ3v) is 8.00. The lowest BCUT2D eigenvalue weighted by Crippen LogP contribution is -2.58. The minimum atomic E-state index is -1.43. The summed E-state index contributed by atoms with van der Waals surface area (Å²) < 4.78 is 19.2. The van der Waals surface area contributed by atoms with Crippen LogP contribution in [0.2, 0.25) is 0 Å².